The molecule has 0 bridgehead atoms. The molecule has 0 aliphatic rings. The zero-order valence-electron chi connectivity index (χ0n) is 13.5. The van der Waals surface area contributed by atoms with Gasteiger partial charge < -0.3 is 9.84 Å². The summed E-state index contributed by atoms with van der Waals surface area (Å²) in [6, 6.07) is 11.0. The molecule has 0 radical (unpaired) electrons. The normalized spacial score (nSPS) is 10.6. The molecular weight excluding hydrogens is 326 g/mol. The minimum Gasteiger partial charge on any atom is -0.507 e. The Labute approximate surface area is 143 Å². The van der Waals surface area contributed by atoms with Gasteiger partial charge in [0.1, 0.15) is 11.5 Å². The number of hydrazone groups is 1. The first-order chi connectivity index (χ1) is 12.0. The van der Waals surface area contributed by atoms with E-state index in [4.69, 9.17) is 4.74 Å². The number of ether oxygens (including phenoxy) is 1. The number of benzene rings is 2. The number of hydrogen-bond donors (Lipinski definition) is 2. The summed E-state index contributed by atoms with van der Waals surface area (Å²) in [6.07, 6.45) is 1.23. The van der Waals surface area contributed by atoms with E-state index in [1.165, 1.54) is 12.1 Å². The molecule has 8 nitrogen and oxygen atoms in total. The lowest BCUT2D eigenvalue weighted by atomic mass is 10.2. The van der Waals surface area contributed by atoms with Crippen molar-refractivity contribution in [3.8, 4) is 11.5 Å². The maximum absolute atomic E-state index is 11.7. The SMILES string of the molecule is Cc1ccccc1OCCC(=O)N/N=C/c1cc([N+](=O)[O-])ccc1O. The van der Waals surface area contributed by atoms with Gasteiger partial charge in [0.25, 0.3) is 5.69 Å². The van der Waals surface area contributed by atoms with Crippen LogP contribution in [0.2, 0.25) is 0 Å². The van der Waals surface area contributed by atoms with Crippen molar-refractivity contribution in [3.63, 3.8) is 0 Å². The van der Waals surface area contributed by atoms with Gasteiger partial charge >= 0.3 is 0 Å². The molecule has 25 heavy (non-hydrogen) atoms. The summed E-state index contributed by atoms with van der Waals surface area (Å²) in [7, 11) is 0. The number of carbonyl (C=O) groups excluding carboxylic acids is 1. The smallest absolute Gasteiger partial charge is 0.270 e. The molecule has 0 heterocycles. The summed E-state index contributed by atoms with van der Waals surface area (Å²) in [5.41, 5.74) is 3.20. The summed E-state index contributed by atoms with van der Waals surface area (Å²) in [4.78, 5) is 21.8. The molecule has 2 rings (SSSR count). The average Bonchev–Trinajstić information content (AvgIpc) is 2.58. The van der Waals surface area contributed by atoms with Crippen LogP contribution >= 0.6 is 0 Å². The Balaban J connectivity index is 1.83. The third-order valence-electron chi connectivity index (χ3n) is 3.30. The molecule has 0 fully saturated rings. The fourth-order valence-corrected chi connectivity index (χ4v) is 1.96. The minimum atomic E-state index is -0.585. The predicted molar refractivity (Wildman–Crippen MR) is 91.8 cm³/mol. The maximum Gasteiger partial charge on any atom is 0.270 e. The van der Waals surface area contributed by atoms with Gasteiger partial charge in [0.05, 0.1) is 24.2 Å². The van der Waals surface area contributed by atoms with Crippen LogP contribution < -0.4 is 10.2 Å². The molecule has 2 aromatic carbocycles. The number of amides is 1. The quantitative estimate of drug-likeness (QED) is 0.455. The molecule has 2 aromatic rings. The van der Waals surface area contributed by atoms with Crippen molar-refractivity contribution < 1.29 is 19.6 Å². The van der Waals surface area contributed by atoms with E-state index in [2.05, 4.69) is 10.5 Å². The second-order valence-corrected chi connectivity index (χ2v) is 5.16. The van der Waals surface area contributed by atoms with E-state index in [0.29, 0.717) is 5.75 Å². The van der Waals surface area contributed by atoms with Crippen molar-refractivity contribution >= 4 is 17.8 Å². The Morgan fingerprint density at radius 2 is 2.12 bits per heavy atom. The first-order valence-electron chi connectivity index (χ1n) is 7.45. The Kier molecular flexibility index (Phi) is 6.05. The van der Waals surface area contributed by atoms with Crippen LogP contribution in [0.15, 0.2) is 47.6 Å². The molecule has 0 aliphatic heterocycles. The number of non-ortho nitro benzene ring substituents is 1. The van der Waals surface area contributed by atoms with E-state index in [1.54, 1.807) is 0 Å². The second kappa shape index (κ2) is 8.44. The number of rotatable bonds is 7. The molecule has 0 unspecified atom stereocenters. The van der Waals surface area contributed by atoms with Gasteiger partial charge in [-0.05, 0) is 24.6 Å². The third kappa shape index (κ3) is 5.31. The number of hydrogen-bond acceptors (Lipinski definition) is 6. The van der Waals surface area contributed by atoms with Crippen LogP contribution in [0.5, 0.6) is 11.5 Å². The fourth-order valence-electron chi connectivity index (χ4n) is 1.96. The lowest BCUT2D eigenvalue weighted by molar-refractivity contribution is -0.384. The standard InChI is InChI=1S/C17H17N3O5/c1-12-4-2-3-5-16(12)25-9-8-17(22)19-18-11-13-10-14(20(23)24)6-7-15(13)21/h2-7,10-11,21H,8-9H2,1H3,(H,19,22)/b18-11+. The number of nitro benzene ring substituents is 1. The Morgan fingerprint density at radius 1 is 1.36 bits per heavy atom. The zero-order valence-corrected chi connectivity index (χ0v) is 13.5. The van der Waals surface area contributed by atoms with Crippen molar-refractivity contribution in [2.75, 3.05) is 6.61 Å². The maximum atomic E-state index is 11.7. The van der Waals surface area contributed by atoms with Gasteiger partial charge in [-0.15, -0.1) is 0 Å². The molecule has 2 N–H and O–H groups in total. The Hall–Kier alpha value is -3.42. The molecule has 0 spiro atoms. The number of nitro groups is 1. The van der Waals surface area contributed by atoms with Gasteiger partial charge in [0.2, 0.25) is 5.91 Å². The number of phenolic OH excluding ortho intramolecular Hbond substituents is 1. The van der Waals surface area contributed by atoms with E-state index in [9.17, 15) is 20.0 Å². The number of para-hydroxylation sites is 1. The van der Waals surface area contributed by atoms with Crippen LogP contribution in [-0.2, 0) is 4.79 Å². The molecule has 0 saturated carbocycles. The van der Waals surface area contributed by atoms with E-state index in [1.807, 2.05) is 31.2 Å². The summed E-state index contributed by atoms with van der Waals surface area (Å²) < 4.78 is 5.51. The molecule has 1 amide bonds. The van der Waals surface area contributed by atoms with E-state index in [-0.39, 0.29) is 35.9 Å². The number of carbonyl (C=O) groups is 1. The second-order valence-electron chi connectivity index (χ2n) is 5.16. The summed E-state index contributed by atoms with van der Waals surface area (Å²) in [6.45, 7) is 2.10. The topological polar surface area (TPSA) is 114 Å². The first-order valence-corrected chi connectivity index (χ1v) is 7.45. The predicted octanol–water partition coefficient (Wildman–Crippen LogP) is 2.53. The lowest BCUT2D eigenvalue weighted by Gasteiger charge is -2.07. The minimum absolute atomic E-state index is 0.0899. The number of aromatic hydroxyl groups is 1. The van der Waals surface area contributed by atoms with Crippen LogP contribution in [0, 0.1) is 17.0 Å². The number of nitrogens with zero attached hydrogens (tertiary/aromatic N) is 2. The van der Waals surface area contributed by atoms with Crippen LogP contribution in [0.4, 0.5) is 5.69 Å². The monoisotopic (exact) mass is 343 g/mol. The van der Waals surface area contributed by atoms with Crippen molar-refractivity contribution in [3.05, 3.63) is 63.7 Å². The van der Waals surface area contributed by atoms with Crippen molar-refractivity contribution in [2.24, 2.45) is 5.10 Å². The zero-order chi connectivity index (χ0) is 18.2. The summed E-state index contributed by atoms with van der Waals surface area (Å²) >= 11 is 0. The largest absolute Gasteiger partial charge is 0.507 e. The molecule has 0 aromatic heterocycles. The average molecular weight is 343 g/mol. The highest BCUT2D eigenvalue weighted by molar-refractivity contribution is 5.86. The number of phenols is 1. The van der Waals surface area contributed by atoms with E-state index in [0.717, 1.165) is 17.8 Å². The lowest BCUT2D eigenvalue weighted by Crippen LogP contribution is -2.20. The fraction of sp³-hybridized carbons (Fsp3) is 0.176. The van der Waals surface area contributed by atoms with Gasteiger partial charge in [-0.2, -0.15) is 5.10 Å². The first kappa shape index (κ1) is 17.9. The highest BCUT2D eigenvalue weighted by atomic mass is 16.6. The van der Waals surface area contributed by atoms with Crippen molar-refractivity contribution in [1.29, 1.82) is 0 Å². The number of nitrogens with one attached hydrogen (secondary N) is 1. The van der Waals surface area contributed by atoms with Crippen LogP contribution in [0.1, 0.15) is 17.5 Å². The van der Waals surface area contributed by atoms with Crippen LogP contribution in [0.3, 0.4) is 0 Å². The highest BCUT2D eigenvalue weighted by Gasteiger charge is 2.09. The molecule has 8 heteroatoms. The van der Waals surface area contributed by atoms with Crippen molar-refractivity contribution in [2.45, 2.75) is 13.3 Å². The molecule has 0 aliphatic carbocycles. The van der Waals surface area contributed by atoms with Gasteiger partial charge in [0, 0.05) is 17.7 Å². The van der Waals surface area contributed by atoms with Gasteiger partial charge in [-0.1, -0.05) is 18.2 Å². The molecule has 130 valence electrons. The van der Waals surface area contributed by atoms with E-state index >= 15 is 0 Å². The molecule has 0 atom stereocenters. The molecule has 0 saturated heterocycles. The summed E-state index contributed by atoms with van der Waals surface area (Å²) in [5.74, 6) is 0.154. The van der Waals surface area contributed by atoms with E-state index < -0.39 is 4.92 Å². The van der Waals surface area contributed by atoms with Crippen LogP contribution in [0.25, 0.3) is 0 Å². The van der Waals surface area contributed by atoms with Gasteiger partial charge in [0.15, 0.2) is 0 Å². The Morgan fingerprint density at radius 3 is 2.84 bits per heavy atom. The Bertz CT molecular complexity index is 805. The number of aryl methyl sites for hydroxylation is 1. The summed E-state index contributed by atoms with van der Waals surface area (Å²) in [5, 5.41) is 24.0. The highest BCUT2D eigenvalue weighted by Crippen LogP contribution is 2.21. The third-order valence-corrected chi connectivity index (χ3v) is 3.30. The van der Waals surface area contributed by atoms with Crippen molar-refractivity contribution in [1.82, 2.24) is 5.43 Å². The van der Waals surface area contributed by atoms with Gasteiger partial charge in [-0.3, -0.25) is 14.9 Å². The van der Waals surface area contributed by atoms with Crippen LogP contribution in [-0.4, -0.2) is 28.8 Å². The van der Waals surface area contributed by atoms with Gasteiger partial charge in [-0.25, -0.2) is 5.43 Å². The molecular formula is C17H17N3O5.